The minimum absolute atomic E-state index is 0.144. The number of carbonyl (C=O) groups excluding carboxylic acids is 1. The van der Waals surface area contributed by atoms with E-state index in [2.05, 4.69) is 23.2 Å². The maximum Gasteiger partial charge on any atom is 0.255 e. The molecular formula is C28H27ClN2O2. The monoisotopic (exact) mass is 458 g/mol. The zero-order valence-electron chi connectivity index (χ0n) is 18.6. The third kappa shape index (κ3) is 4.54. The molecule has 3 aromatic carbocycles. The highest BCUT2D eigenvalue weighted by atomic mass is 35.5. The van der Waals surface area contributed by atoms with E-state index in [-0.39, 0.29) is 11.9 Å². The summed E-state index contributed by atoms with van der Waals surface area (Å²) in [6.45, 7) is 4.22. The number of hydrogen-bond donors (Lipinski definition) is 1. The Labute approximate surface area is 199 Å². The second-order valence-electron chi connectivity index (χ2n) is 8.83. The van der Waals surface area contributed by atoms with Crippen molar-refractivity contribution >= 4 is 34.2 Å². The van der Waals surface area contributed by atoms with Crippen molar-refractivity contribution in [1.29, 1.82) is 0 Å². The predicted octanol–water partition coefficient (Wildman–Crippen LogP) is 7.16. The molecule has 1 atom stereocenters. The highest BCUT2D eigenvalue weighted by Crippen LogP contribution is 2.42. The highest BCUT2D eigenvalue weighted by Gasteiger charge is 2.32. The van der Waals surface area contributed by atoms with Crippen LogP contribution in [0.5, 0.6) is 0 Å². The number of nitrogens with one attached hydrogen (secondary N) is 1. The first-order chi connectivity index (χ1) is 16.1. The Morgan fingerprint density at radius 2 is 1.73 bits per heavy atom. The number of likely N-dealkylation sites (tertiary alicyclic amines) is 1. The van der Waals surface area contributed by atoms with E-state index >= 15 is 0 Å². The highest BCUT2D eigenvalue weighted by molar-refractivity contribution is 6.30. The molecule has 1 N–H and O–H groups in total. The molecule has 2 heterocycles. The van der Waals surface area contributed by atoms with Gasteiger partial charge in [0.25, 0.3) is 5.91 Å². The van der Waals surface area contributed by atoms with Crippen molar-refractivity contribution in [2.75, 3.05) is 18.4 Å². The van der Waals surface area contributed by atoms with Gasteiger partial charge in [0.05, 0.1) is 11.7 Å². The van der Waals surface area contributed by atoms with Crippen LogP contribution in [0.3, 0.4) is 0 Å². The summed E-state index contributed by atoms with van der Waals surface area (Å²) in [6.07, 6.45) is 2.26. The molecule has 0 unspecified atom stereocenters. The standard InChI is InChI=1S/C28H27ClN2O2/c1-19-14-16-31(17-15-19)26(21-10-7-11-22(29)18-21)27-25(23-12-5-6-13-24(23)33-27)30-28(32)20-8-3-2-4-9-20/h2-13,18-19,26H,14-17H2,1H3,(H,30,32)/t26-/m1/s1. The summed E-state index contributed by atoms with van der Waals surface area (Å²) in [4.78, 5) is 15.6. The van der Waals surface area contributed by atoms with E-state index in [1.807, 2.05) is 72.8 Å². The van der Waals surface area contributed by atoms with Gasteiger partial charge < -0.3 is 9.73 Å². The third-order valence-electron chi connectivity index (χ3n) is 6.49. The smallest absolute Gasteiger partial charge is 0.255 e. The Morgan fingerprint density at radius 3 is 2.48 bits per heavy atom. The van der Waals surface area contributed by atoms with Gasteiger partial charge in [0.15, 0.2) is 0 Å². The van der Waals surface area contributed by atoms with Crippen LogP contribution in [-0.2, 0) is 0 Å². The molecular weight excluding hydrogens is 432 g/mol. The summed E-state index contributed by atoms with van der Waals surface area (Å²) in [5, 5.41) is 4.76. The normalized spacial score (nSPS) is 16.1. The number of carbonyl (C=O) groups is 1. The maximum absolute atomic E-state index is 13.2. The Bertz CT molecular complexity index is 1260. The average Bonchev–Trinajstić information content (AvgIpc) is 3.19. The van der Waals surface area contributed by atoms with E-state index in [0.29, 0.717) is 16.5 Å². The van der Waals surface area contributed by atoms with E-state index in [1.54, 1.807) is 0 Å². The van der Waals surface area contributed by atoms with Crippen molar-refractivity contribution in [3.05, 3.63) is 101 Å². The van der Waals surface area contributed by atoms with E-state index in [0.717, 1.165) is 53.9 Å². The van der Waals surface area contributed by atoms with Crippen molar-refractivity contribution in [1.82, 2.24) is 4.90 Å². The van der Waals surface area contributed by atoms with Crippen LogP contribution >= 0.6 is 11.6 Å². The molecule has 1 aliphatic heterocycles. The molecule has 168 valence electrons. The molecule has 1 aliphatic rings. The Morgan fingerprint density at radius 1 is 1.00 bits per heavy atom. The summed E-state index contributed by atoms with van der Waals surface area (Å²) in [5.74, 6) is 1.30. The number of furan rings is 1. The first-order valence-electron chi connectivity index (χ1n) is 11.5. The number of anilines is 1. The van der Waals surface area contributed by atoms with Crippen LogP contribution in [0.25, 0.3) is 11.0 Å². The van der Waals surface area contributed by atoms with E-state index < -0.39 is 0 Å². The minimum atomic E-state index is -0.152. The number of nitrogens with zero attached hydrogens (tertiary/aromatic N) is 1. The SMILES string of the molecule is CC1CCN([C@H](c2cccc(Cl)c2)c2oc3ccccc3c2NC(=O)c2ccccc2)CC1. The van der Waals surface area contributed by atoms with Gasteiger partial charge in [0.2, 0.25) is 0 Å². The van der Waals surface area contributed by atoms with E-state index in [1.165, 1.54) is 0 Å². The van der Waals surface area contributed by atoms with Crippen LogP contribution in [0.15, 0.2) is 83.3 Å². The molecule has 0 saturated carbocycles. The molecule has 4 nitrogen and oxygen atoms in total. The maximum atomic E-state index is 13.2. The lowest BCUT2D eigenvalue weighted by Gasteiger charge is -2.36. The van der Waals surface area contributed by atoms with Crippen LogP contribution in [-0.4, -0.2) is 23.9 Å². The predicted molar refractivity (Wildman–Crippen MR) is 134 cm³/mol. The summed E-state index contributed by atoms with van der Waals surface area (Å²) in [6, 6.07) is 24.9. The van der Waals surface area contributed by atoms with Crippen molar-refractivity contribution < 1.29 is 9.21 Å². The molecule has 0 radical (unpaired) electrons. The minimum Gasteiger partial charge on any atom is -0.457 e. The lowest BCUT2D eigenvalue weighted by Crippen LogP contribution is -2.37. The van der Waals surface area contributed by atoms with Gasteiger partial charge in [-0.3, -0.25) is 9.69 Å². The second-order valence-corrected chi connectivity index (χ2v) is 9.27. The van der Waals surface area contributed by atoms with Gasteiger partial charge in [0.1, 0.15) is 11.3 Å². The molecule has 33 heavy (non-hydrogen) atoms. The van der Waals surface area contributed by atoms with Crippen molar-refractivity contribution in [2.45, 2.75) is 25.8 Å². The topological polar surface area (TPSA) is 45.5 Å². The molecule has 0 spiro atoms. The molecule has 1 fully saturated rings. The van der Waals surface area contributed by atoms with E-state index in [9.17, 15) is 4.79 Å². The number of fused-ring (bicyclic) bond motifs is 1. The zero-order chi connectivity index (χ0) is 22.8. The van der Waals surface area contributed by atoms with Crippen molar-refractivity contribution in [2.24, 2.45) is 5.92 Å². The Kier molecular flexibility index (Phi) is 6.21. The average molecular weight is 459 g/mol. The molecule has 1 saturated heterocycles. The van der Waals surface area contributed by atoms with Crippen LogP contribution in [0.4, 0.5) is 5.69 Å². The van der Waals surface area contributed by atoms with Gasteiger partial charge in [-0.25, -0.2) is 0 Å². The van der Waals surface area contributed by atoms with E-state index in [4.69, 9.17) is 16.0 Å². The number of piperidine rings is 1. The van der Waals surface area contributed by atoms with Gasteiger partial charge in [-0.1, -0.05) is 61.0 Å². The fourth-order valence-electron chi connectivity index (χ4n) is 4.65. The molecule has 0 aliphatic carbocycles. The fraction of sp³-hybridized carbons (Fsp3) is 0.250. The number of hydrogen-bond acceptors (Lipinski definition) is 3. The van der Waals surface area contributed by atoms with Crippen LogP contribution in [0, 0.1) is 5.92 Å². The third-order valence-corrected chi connectivity index (χ3v) is 6.73. The van der Waals surface area contributed by atoms with Crippen LogP contribution in [0.1, 0.15) is 47.5 Å². The molecule has 5 rings (SSSR count). The largest absolute Gasteiger partial charge is 0.457 e. The summed E-state index contributed by atoms with van der Waals surface area (Å²) >= 11 is 6.40. The van der Waals surface area contributed by atoms with Crippen LogP contribution < -0.4 is 5.32 Å². The lowest BCUT2D eigenvalue weighted by molar-refractivity contribution is 0.102. The van der Waals surface area contributed by atoms with Gasteiger partial charge in [0, 0.05) is 16.0 Å². The molecule has 1 aromatic heterocycles. The first-order valence-corrected chi connectivity index (χ1v) is 11.9. The fourth-order valence-corrected chi connectivity index (χ4v) is 4.85. The summed E-state index contributed by atoms with van der Waals surface area (Å²) in [5.41, 5.74) is 3.16. The Hall–Kier alpha value is -3.08. The number of benzene rings is 3. The first kappa shape index (κ1) is 21.7. The second kappa shape index (κ2) is 9.42. The molecule has 4 aromatic rings. The number of halogens is 1. The number of amides is 1. The quantitative estimate of drug-likeness (QED) is 0.345. The van der Waals surface area contributed by atoms with Gasteiger partial charge in [-0.05, 0) is 73.8 Å². The number of rotatable bonds is 5. The summed E-state index contributed by atoms with van der Waals surface area (Å²) < 4.78 is 6.47. The molecule has 5 heteroatoms. The van der Waals surface area contributed by atoms with Crippen molar-refractivity contribution in [3.63, 3.8) is 0 Å². The lowest BCUT2D eigenvalue weighted by atomic mass is 9.94. The van der Waals surface area contributed by atoms with Gasteiger partial charge in [-0.15, -0.1) is 0 Å². The van der Waals surface area contributed by atoms with Gasteiger partial charge in [-0.2, -0.15) is 0 Å². The zero-order valence-corrected chi connectivity index (χ0v) is 19.4. The molecule has 0 bridgehead atoms. The Balaban J connectivity index is 1.63. The molecule has 1 amide bonds. The summed E-state index contributed by atoms with van der Waals surface area (Å²) in [7, 11) is 0. The van der Waals surface area contributed by atoms with Gasteiger partial charge >= 0.3 is 0 Å². The van der Waals surface area contributed by atoms with Crippen LogP contribution in [0.2, 0.25) is 5.02 Å². The number of para-hydroxylation sites is 1. The van der Waals surface area contributed by atoms with Crippen molar-refractivity contribution in [3.8, 4) is 0 Å².